The van der Waals surface area contributed by atoms with E-state index in [9.17, 15) is 9.90 Å². The van der Waals surface area contributed by atoms with Crippen LogP contribution in [0.2, 0.25) is 5.02 Å². The molecule has 25 heavy (non-hydrogen) atoms. The van der Waals surface area contributed by atoms with Gasteiger partial charge in [-0.15, -0.1) is 0 Å². The Labute approximate surface area is 153 Å². The van der Waals surface area contributed by atoms with Gasteiger partial charge in [0.2, 0.25) is 5.88 Å². The van der Waals surface area contributed by atoms with E-state index in [1.165, 1.54) is 16.3 Å². The van der Waals surface area contributed by atoms with Crippen molar-refractivity contribution in [2.24, 2.45) is 7.05 Å². The van der Waals surface area contributed by atoms with Gasteiger partial charge >= 0.3 is 0 Å². The van der Waals surface area contributed by atoms with Gasteiger partial charge in [-0.1, -0.05) is 23.4 Å². The number of fused-ring (bicyclic) bond motifs is 3. The van der Waals surface area contributed by atoms with Crippen molar-refractivity contribution >= 4 is 34.3 Å². The Bertz CT molecular complexity index is 1040. The third kappa shape index (κ3) is 2.54. The molecule has 0 spiro atoms. The van der Waals surface area contributed by atoms with E-state index in [4.69, 9.17) is 11.6 Å². The minimum absolute atomic E-state index is 0.227. The number of hydrogen-bond acceptors (Lipinski definition) is 5. The minimum Gasteiger partial charge on any atom is -0.493 e. The van der Waals surface area contributed by atoms with Crippen LogP contribution in [0.25, 0.3) is 10.9 Å². The Morgan fingerprint density at radius 3 is 3.00 bits per heavy atom. The third-order valence-corrected chi connectivity index (χ3v) is 5.61. The largest absolute Gasteiger partial charge is 0.493 e. The zero-order chi connectivity index (χ0) is 17.7. The topological polar surface area (TPSA) is 82.9 Å². The number of nitrogens with one attached hydrogen (secondary N) is 2. The maximum atomic E-state index is 12.8. The number of rotatable bonds is 2. The molecule has 8 heteroatoms. The van der Waals surface area contributed by atoms with Gasteiger partial charge in [-0.25, -0.2) is 0 Å². The van der Waals surface area contributed by atoms with Gasteiger partial charge in [0, 0.05) is 35.2 Å². The van der Waals surface area contributed by atoms with Gasteiger partial charge in [-0.05, 0) is 36.4 Å². The summed E-state index contributed by atoms with van der Waals surface area (Å²) in [5.74, 6) is -0.227. The SMILES string of the molecule is CSc1nc(O)c(C2NCCc3c2[nH]c2ccc(Cl)cc32)c(=O)n1C. The number of thioether (sulfide) groups is 1. The summed E-state index contributed by atoms with van der Waals surface area (Å²) in [6, 6.07) is 5.26. The van der Waals surface area contributed by atoms with Crippen LogP contribution in [0.5, 0.6) is 5.88 Å². The number of nitrogens with zero attached hydrogens (tertiary/aromatic N) is 2. The van der Waals surface area contributed by atoms with Gasteiger partial charge in [0.25, 0.3) is 5.56 Å². The molecule has 6 nitrogen and oxygen atoms in total. The summed E-state index contributed by atoms with van der Waals surface area (Å²) in [5.41, 5.74) is 2.98. The summed E-state index contributed by atoms with van der Waals surface area (Å²) in [6.07, 6.45) is 2.64. The normalized spacial score (nSPS) is 17.0. The molecular formula is C17H17ClN4O2S. The van der Waals surface area contributed by atoms with Gasteiger partial charge in [-0.3, -0.25) is 9.36 Å². The highest BCUT2D eigenvalue weighted by Crippen LogP contribution is 2.35. The van der Waals surface area contributed by atoms with E-state index in [-0.39, 0.29) is 17.0 Å². The molecule has 4 rings (SSSR count). The van der Waals surface area contributed by atoms with Crippen LogP contribution in [0.1, 0.15) is 22.9 Å². The second kappa shape index (κ2) is 6.09. The van der Waals surface area contributed by atoms with Crippen molar-refractivity contribution in [3.05, 3.63) is 50.4 Å². The molecule has 0 saturated heterocycles. The van der Waals surface area contributed by atoms with E-state index in [2.05, 4.69) is 15.3 Å². The molecule has 0 bridgehead atoms. The summed E-state index contributed by atoms with van der Waals surface area (Å²) in [6.45, 7) is 0.698. The fourth-order valence-electron chi connectivity index (χ4n) is 3.47. The minimum atomic E-state index is -0.433. The van der Waals surface area contributed by atoms with Crippen LogP contribution in [0.3, 0.4) is 0 Å². The fraction of sp³-hybridized carbons (Fsp3) is 0.294. The Kier molecular flexibility index (Phi) is 4.02. The number of aromatic hydroxyl groups is 1. The van der Waals surface area contributed by atoms with Gasteiger partial charge < -0.3 is 15.4 Å². The van der Waals surface area contributed by atoms with Crippen molar-refractivity contribution in [2.45, 2.75) is 17.6 Å². The number of aromatic amines is 1. The zero-order valence-corrected chi connectivity index (χ0v) is 15.3. The zero-order valence-electron chi connectivity index (χ0n) is 13.8. The molecule has 0 saturated carbocycles. The number of H-pyrrole nitrogens is 1. The van der Waals surface area contributed by atoms with Crippen LogP contribution in [-0.2, 0) is 13.5 Å². The number of aromatic nitrogens is 3. The van der Waals surface area contributed by atoms with E-state index >= 15 is 0 Å². The van der Waals surface area contributed by atoms with E-state index < -0.39 is 6.04 Å². The summed E-state index contributed by atoms with van der Waals surface area (Å²) in [7, 11) is 1.67. The molecule has 1 atom stereocenters. The molecular weight excluding hydrogens is 360 g/mol. The molecule has 3 heterocycles. The summed E-state index contributed by atoms with van der Waals surface area (Å²) in [5, 5.41) is 15.9. The second-order valence-electron chi connectivity index (χ2n) is 6.04. The summed E-state index contributed by atoms with van der Waals surface area (Å²) in [4.78, 5) is 20.4. The van der Waals surface area contributed by atoms with Crippen LogP contribution in [0, 0.1) is 0 Å². The van der Waals surface area contributed by atoms with Crippen molar-refractivity contribution < 1.29 is 5.11 Å². The number of halogens is 1. The van der Waals surface area contributed by atoms with Crippen LogP contribution in [-0.4, -0.2) is 32.4 Å². The first-order valence-electron chi connectivity index (χ1n) is 7.88. The maximum Gasteiger partial charge on any atom is 0.262 e. The Balaban J connectivity index is 1.94. The monoisotopic (exact) mass is 376 g/mol. The van der Waals surface area contributed by atoms with Crippen LogP contribution in [0.15, 0.2) is 28.2 Å². The molecule has 1 aliphatic rings. The van der Waals surface area contributed by atoms with Crippen molar-refractivity contribution in [3.63, 3.8) is 0 Å². The molecule has 3 aromatic rings. The lowest BCUT2D eigenvalue weighted by atomic mass is 9.95. The first-order valence-corrected chi connectivity index (χ1v) is 9.48. The molecule has 0 amide bonds. The molecule has 1 aliphatic heterocycles. The third-order valence-electron chi connectivity index (χ3n) is 4.65. The average Bonchev–Trinajstić information content (AvgIpc) is 2.97. The van der Waals surface area contributed by atoms with Gasteiger partial charge in [0.1, 0.15) is 5.56 Å². The van der Waals surface area contributed by atoms with Gasteiger partial charge in [-0.2, -0.15) is 4.98 Å². The fourth-order valence-corrected chi connectivity index (χ4v) is 4.18. The summed E-state index contributed by atoms with van der Waals surface area (Å²) < 4.78 is 1.47. The Hall–Kier alpha value is -1.96. The molecule has 0 aliphatic carbocycles. The smallest absolute Gasteiger partial charge is 0.262 e. The molecule has 1 aromatic carbocycles. The lowest BCUT2D eigenvalue weighted by Crippen LogP contribution is -2.36. The Morgan fingerprint density at radius 2 is 2.24 bits per heavy atom. The highest BCUT2D eigenvalue weighted by atomic mass is 35.5. The van der Waals surface area contributed by atoms with E-state index in [0.29, 0.717) is 16.7 Å². The van der Waals surface area contributed by atoms with Crippen LogP contribution < -0.4 is 10.9 Å². The lowest BCUT2D eigenvalue weighted by Gasteiger charge is -2.25. The van der Waals surface area contributed by atoms with Crippen molar-refractivity contribution in [1.29, 1.82) is 0 Å². The summed E-state index contributed by atoms with van der Waals surface area (Å²) >= 11 is 7.46. The number of benzene rings is 1. The van der Waals surface area contributed by atoms with E-state index in [1.54, 1.807) is 7.05 Å². The lowest BCUT2D eigenvalue weighted by molar-refractivity contribution is 0.413. The molecule has 1 unspecified atom stereocenters. The molecule has 0 radical (unpaired) electrons. The molecule has 0 fully saturated rings. The van der Waals surface area contributed by atoms with E-state index in [0.717, 1.165) is 28.6 Å². The molecule has 3 N–H and O–H groups in total. The first kappa shape index (κ1) is 16.5. The van der Waals surface area contributed by atoms with Gasteiger partial charge in [0.05, 0.1) is 6.04 Å². The van der Waals surface area contributed by atoms with Gasteiger partial charge in [0.15, 0.2) is 5.16 Å². The standard InChI is InChI=1S/C17H17ClN4O2S/c1-22-16(24)12(15(23)21-17(22)25-2)14-13-9(5-6-19-14)10-7-8(18)3-4-11(10)20-13/h3-4,7,14,19-20,23H,5-6H2,1-2H3. The number of hydrogen-bond donors (Lipinski definition) is 3. The predicted octanol–water partition coefficient (Wildman–Crippen LogP) is 2.58. The predicted molar refractivity (Wildman–Crippen MR) is 99.8 cm³/mol. The first-order chi connectivity index (χ1) is 12.0. The van der Waals surface area contributed by atoms with Crippen molar-refractivity contribution in [1.82, 2.24) is 19.9 Å². The highest BCUT2D eigenvalue weighted by molar-refractivity contribution is 7.98. The second-order valence-corrected chi connectivity index (χ2v) is 7.25. The quantitative estimate of drug-likeness (QED) is 0.473. The average molecular weight is 377 g/mol. The van der Waals surface area contributed by atoms with Crippen LogP contribution in [0.4, 0.5) is 0 Å². The maximum absolute atomic E-state index is 12.8. The Morgan fingerprint density at radius 1 is 1.44 bits per heavy atom. The molecule has 130 valence electrons. The highest BCUT2D eigenvalue weighted by Gasteiger charge is 2.31. The van der Waals surface area contributed by atoms with Crippen molar-refractivity contribution in [3.8, 4) is 5.88 Å². The molecule has 2 aromatic heterocycles. The van der Waals surface area contributed by atoms with Crippen LogP contribution >= 0.6 is 23.4 Å². The van der Waals surface area contributed by atoms with E-state index in [1.807, 2.05) is 24.5 Å². The van der Waals surface area contributed by atoms with Crippen molar-refractivity contribution in [2.75, 3.05) is 12.8 Å².